The smallest absolute Gasteiger partial charge is 0.338 e. The van der Waals surface area contributed by atoms with Gasteiger partial charge in [-0.15, -0.1) is 11.3 Å². The fraction of sp³-hybridized carbons (Fsp3) is 0.200. The maximum Gasteiger partial charge on any atom is 0.338 e. The van der Waals surface area contributed by atoms with Crippen LogP contribution in [0.4, 0.5) is 5.69 Å². The number of hydrogen-bond acceptors (Lipinski definition) is 6. The molecule has 4 rings (SSSR count). The molecule has 0 bridgehead atoms. The van der Waals surface area contributed by atoms with Gasteiger partial charge in [-0.1, -0.05) is 23.7 Å². The van der Waals surface area contributed by atoms with Crippen molar-refractivity contribution in [1.82, 2.24) is 9.55 Å². The molecule has 1 N–H and O–H groups in total. The Hall–Kier alpha value is -3.49. The lowest BCUT2D eigenvalue weighted by Gasteiger charge is -2.10. The second kappa shape index (κ2) is 9.79. The van der Waals surface area contributed by atoms with Crippen LogP contribution in [-0.2, 0) is 16.1 Å². The van der Waals surface area contributed by atoms with Crippen molar-refractivity contribution in [1.29, 1.82) is 0 Å². The quantitative estimate of drug-likeness (QED) is 0.367. The van der Waals surface area contributed by atoms with Gasteiger partial charge in [0.2, 0.25) is 5.91 Å². The lowest BCUT2D eigenvalue weighted by molar-refractivity contribution is -0.116. The van der Waals surface area contributed by atoms with Crippen LogP contribution in [0.15, 0.2) is 59.7 Å². The molecule has 174 valence electrons. The Kier molecular flexibility index (Phi) is 6.81. The van der Waals surface area contributed by atoms with E-state index >= 15 is 0 Å². The summed E-state index contributed by atoms with van der Waals surface area (Å²) in [5.74, 6) is -0.817. The Morgan fingerprint density at radius 3 is 2.44 bits per heavy atom. The molecule has 2 aromatic heterocycles. The third-order valence-electron chi connectivity index (χ3n) is 5.05. The second-order valence-corrected chi connectivity index (χ2v) is 9.62. The van der Waals surface area contributed by atoms with Crippen LogP contribution in [0.5, 0.6) is 0 Å². The predicted molar refractivity (Wildman–Crippen MR) is 135 cm³/mol. The van der Waals surface area contributed by atoms with Crippen molar-refractivity contribution >= 4 is 50.7 Å². The van der Waals surface area contributed by atoms with Crippen LogP contribution in [0.3, 0.4) is 0 Å². The number of aromatic nitrogens is 2. The van der Waals surface area contributed by atoms with Gasteiger partial charge in [-0.25, -0.2) is 9.78 Å². The Labute approximate surface area is 205 Å². The highest BCUT2D eigenvalue weighted by Gasteiger charge is 2.18. The van der Waals surface area contributed by atoms with E-state index in [0.717, 1.165) is 16.0 Å². The molecule has 4 aromatic rings. The van der Waals surface area contributed by atoms with Crippen molar-refractivity contribution < 1.29 is 14.3 Å². The third-order valence-corrected chi connectivity index (χ3v) is 6.31. The average Bonchev–Trinajstić information content (AvgIpc) is 3.13. The number of halogens is 1. The van der Waals surface area contributed by atoms with E-state index in [9.17, 15) is 14.4 Å². The molecule has 0 fully saturated rings. The van der Waals surface area contributed by atoms with Gasteiger partial charge in [0.15, 0.2) is 0 Å². The summed E-state index contributed by atoms with van der Waals surface area (Å²) in [4.78, 5) is 43.8. The summed E-state index contributed by atoms with van der Waals surface area (Å²) >= 11 is 7.45. The van der Waals surface area contributed by atoms with E-state index in [1.54, 1.807) is 50.2 Å². The fourth-order valence-electron chi connectivity index (χ4n) is 3.54. The summed E-state index contributed by atoms with van der Waals surface area (Å²) in [6.07, 6.45) is 1.17. The zero-order valence-electron chi connectivity index (χ0n) is 18.8. The number of thiophene rings is 1. The molecule has 0 aliphatic rings. The minimum absolute atomic E-state index is 0.201. The van der Waals surface area contributed by atoms with E-state index in [2.05, 4.69) is 10.3 Å². The van der Waals surface area contributed by atoms with Crippen LogP contribution in [0.2, 0.25) is 5.02 Å². The second-order valence-electron chi connectivity index (χ2n) is 7.98. The van der Waals surface area contributed by atoms with Crippen molar-refractivity contribution in [2.75, 3.05) is 5.32 Å². The number of carbonyl (C=O) groups excluding carboxylic acids is 2. The monoisotopic (exact) mass is 495 g/mol. The number of anilines is 1. The number of amides is 1. The number of rotatable bonds is 6. The molecule has 7 nitrogen and oxygen atoms in total. The topological polar surface area (TPSA) is 90.3 Å². The molecule has 9 heteroatoms. The standard InChI is InChI=1S/C25H22ClN3O4S/c1-14(2)33-25(32)17-6-10-19(11-7-17)28-20(30)12-29-13-27-23-22(24(29)31)21(15(3)34-23)16-4-8-18(26)9-5-16/h4-11,13-14H,12H2,1-3H3,(H,28,30). The molecule has 0 atom stereocenters. The number of benzene rings is 2. The van der Waals surface area contributed by atoms with Crippen LogP contribution in [0, 0.1) is 6.92 Å². The van der Waals surface area contributed by atoms with Gasteiger partial charge < -0.3 is 10.1 Å². The van der Waals surface area contributed by atoms with E-state index < -0.39 is 5.97 Å². The molecule has 0 spiro atoms. The van der Waals surface area contributed by atoms with Crippen molar-refractivity contribution in [2.24, 2.45) is 0 Å². The van der Waals surface area contributed by atoms with Gasteiger partial charge in [-0.05, 0) is 62.7 Å². The summed E-state index contributed by atoms with van der Waals surface area (Å²) in [7, 11) is 0. The number of nitrogens with one attached hydrogen (secondary N) is 1. The minimum Gasteiger partial charge on any atom is -0.459 e. The summed E-state index contributed by atoms with van der Waals surface area (Å²) < 4.78 is 6.45. The predicted octanol–water partition coefficient (Wildman–Crippen LogP) is 5.29. The third kappa shape index (κ3) is 5.03. The summed E-state index contributed by atoms with van der Waals surface area (Å²) in [5, 5.41) is 3.83. The number of esters is 1. The van der Waals surface area contributed by atoms with E-state index in [1.165, 1.54) is 22.2 Å². The largest absolute Gasteiger partial charge is 0.459 e. The number of nitrogens with zero attached hydrogens (tertiary/aromatic N) is 2. The highest BCUT2D eigenvalue weighted by atomic mass is 35.5. The molecule has 0 saturated carbocycles. The first kappa shape index (κ1) is 23.7. The van der Waals surface area contributed by atoms with Gasteiger partial charge in [0, 0.05) is 21.2 Å². The van der Waals surface area contributed by atoms with Crippen molar-refractivity contribution in [3.63, 3.8) is 0 Å². The van der Waals surface area contributed by atoms with Gasteiger partial charge in [0.05, 0.1) is 23.4 Å². The van der Waals surface area contributed by atoms with Crippen LogP contribution in [-0.4, -0.2) is 27.5 Å². The van der Waals surface area contributed by atoms with Gasteiger partial charge in [0.25, 0.3) is 5.56 Å². The van der Waals surface area contributed by atoms with Gasteiger partial charge in [-0.2, -0.15) is 0 Å². The van der Waals surface area contributed by atoms with Crippen LogP contribution in [0.1, 0.15) is 29.1 Å². The number of ether oxygens (including phenoxy) is 1. The highest BCUT2D eigenvalue weighted by molar-refractivity contribution is 7.19. The van der Waals surface area contributed by atoms with Crippen LogP contribution in [0.25, 0.3) is 21.3 Å². The lowest BCUT2D eigenvalue weighted by Crippen LogP contribution is -2.27. The zero-order chi connectivity index (χ0) is 24.4. The van der Waals surface area contributed by atoms with Crippen molar-refractivity contribution in [3.05, 3.63) is 80.7 Å². The Balaban J connectivity index is 1.55. The molecule has 0 saturated heterocycles. The average molecular weight is 496 g/mol. The Morgan fingerprint density at radius 2 is 1.79 bits per heavy atom. The molecule has 0 unspecified atom stereocenters. The number of fused-ring (bicyclic) bond motifs is 1. The Morgan fingerprint density at radius 1 is 1.12 bits per heavy atom. The van der Waals surface area contributed by atoms with E-state index in [-0.39, 0.29) is 24.1 Å². The first-order valence-electron chi connectivity index (χ1n) is 10.6. The van der Waals surface area contributed by atoms with E-state index in [4.69, 9.17) is 16.3 Å². The summed E-state index contributed by atoms with van der Waals surface area (Å²) in [6.45, 7) is 5.29. The van der Waals surface area contributed by atoms with Crippen molar-refractivity contribution in [3.8, 4) is 11.1 Å². The molecule has 1 amide bonds. The van der Waals surface area contributed by atoms with Crippen LogP contribution < -0.4 is 10.9 Å². The number of aryl methyl sites for hydroxylation is 1. The number of carbonyl (C=O) groups is 2. The summed E-state index contributed by atoms with van der Waals surface area (Å²) in [5.41, 5.74) is 2.26. The molecule has 0 aliphatic heterocycles. The molecule has 0 radical (unpaired) electrons. The molecule has 0 aliphatic carbocycles. The zero-order valence-corrected chi connectivity index (χ0v) is 20.4. The van der Waals surface area contributed by atoms with Gasteiger partial charge in [0.1, 0.15) is 11.4 Å². The van der Waals surface area contributed by atoms with Crippen molar-refractivity contribution in [2.45, 2.75) is 33.4 Å². The molecule has 34 heavy (non-hydrogen) atoms. The van der Waals surface area contributed by atoms with E-state index in [1.807, 2.05) is 19.1 Å². The SMILES string of the molecule is Cc1sc2ncn(CC(=O)Nc3ccc(C(=O)OC(C)C)cc3)c(=O)c2c1-c1ccc(Cl)cc1. The maximum atomic E-state index is 13.3. The first-order chi connectivity index (χ1) is 16.2. The Bertz CT molecular complexity index is 1420. The fourth-order valence-corrected chi connectivity index (χ4v) is 4.67. The maximum absolute atomic E-state index is 13.3. The lowest BCUT2D eigenvalue weighted by atomic mass is 10.0. The highest BCUT2D eigenvalue weighted by Crippen LogP contribution is 2.35. The molecular formula is C25H22ClN3O4S. The van der Waals surface area contributed by atoms with E-state index in [0.29, 0.717) is 26.5 Å². The number of hydrogen-bond donors (Lipinski definition) is 1. The summed E-state index contributed by atoms with van der Waals surface area (Å²) in [6, 6.07) is 13.6. The normalized spacial score (nSPS) is 11.1. The minimum atomic E-state index is -0.429. The first-order valence-corrected chi connectivity index (χ1v) is 11.8. The van der Waals surface area contributed by atoms with Gasteiger partial charge in [-0.3, -0.25) is 14.2 Å². The molecule has 2 aromatic carbocycles. The molecular weight excluding hydrogens is 474 g/mol. The molecule has 2 heterocycles. The van der Waals surface area contributed by atoms with Crippen LogP contribution >= 0.6 is 22.9 Å². The van der Waals surface area contributed by atoms with Gasteiger partial charge >= 0.3 is 5.97 Å².